The maximum Gasteiger partial charge on any atom is 0.417 e. The number of hydrogen-bond donors (Lipinski definition) is 0. The Morgan fingerprint density at radius 2 is 1.68 bits per heavy atom. The van der Waals surface area contributed by atoms with E-state index < -0.39 is 11.7 Å². The molecule has 19 heavy (non-hydrogen) atoms. The molecule has 0 aliphatic carbocycles. The number of piperazine rings is 1. The second-order valence-corrected chi connectivity index (χ2v) is 4.86. The van der Waals surface area contributed by atoms with Gasteiger partial charge in [0.1, 0.15) is 0 Å². The van der Waals surface area contributed by atoms with Gasteiger partial charge in [0.05, 0.1) is 10.6 Å². The molecule has 108 valence electrons. The van der Waals surface area contributed by atoms with Crippen molar-refractivity contribution >= 4 is 29.7 Å². The predicted octanol–water partition coefficient (Wildman–Crippen LogP) is 3.53. The number of alkyl halides is 3. The Bertz CT molecular complexity index is 429. The number of likely N-dealkylation sites (N-methyl/N-ethyl adjacent to an activating group) is 1. The van der Waals surface area contributed by atoms with Crippen molar-refractivity contribution in [2.45, 2.75) is 6.18 Å². The lowest BCUT2D eigenvalue weighted by atomic mass is 10.1. The molecule has 0 N–H and O–H groups in total. The zero-order valence-corrected chi connectivity index (χ0v) is 11.9. The highest BCUT2D eigenvalue weighted by atomic mass is 35.5. The molecule has 0 aromatic heterocycles. The molecule has 0 radical (unpaired) electrons. The molecule has 1 aliphatic rings. The molecule has 1 aromatic rings. The third-order valence-electron chi connectivity index (χ3n) is 3.12. The second kappa shape index (κ2) is 6.20. The summed E-state index contributed by atoms with van der Waals surface area (Å²) in [7, 11) is 2.00. The summed E-state index contributed by atoms with van der Waals surface area (Å²) in [6.45, 7) is 3.17. The number of nitrogens with zero attached hydrogens (tertiary/aromatic N) is 2. The molecule has 0 spiro atoms. The molecule has 1 heterocycles. The van der Waals surface area contributed by atoms with Gasteiger partial charge in [0.2, 0.25) is 0 Å². The average molecular weight is 315 g/mol. The fourth-order valence-corrected chi connectivity index (χ4v) is 2.22. The van der Waals surface area contributed by atoms with Crippen molar-refractivity contribution in [3.63, 3.8) is 0 Å². The van der Waals surface area contributed by atoms with Crippen LogP contribution in [0.4, 0.5) is 18.9 Å². The van der Waals surface area contributed by atoms with Gasteiger partial charge in [0.15, 0.2) is 0 Å². The monoisotopic (exact) mass is 314 g/mol. The Kier molecular flexibility index (Phi) is 5.35. The summed E-state index contributed by atoms with van der Waals surface area (Å²) in [5.74, 6) is 0. The Labute approximate surface area is 121 Å². The van der Waals surface area contributed by atoms with Crippen molar-refractivity contribution in [2.75, 3.05) is 38.1 Å². The van der Waals surface area contributed by atoms with E-state index in [1.807, 2.05) is 11.9 Å². The summed E-state index contributed by atoms with van der Waals surface area (Å²) in [6, 6.07) is 4.09. The first-order valence-corrected chi connectivity index (χ1v) is 6.06. The van der Waals surface area contributed by atoms with Crippen molar-refractivity contribution in [2.24, 2.45) is 0 Å². The standard InChI is InChI=1S/C12H14ClF3N2.ClH/c1-17-4-6-18(7-5-17)9-2-3-11(13)10(8-9)12(14,15)16;/h2-3,8H,4-7H2,1H3;1H. The van der Waals surface area contributed by atoms with E-state index in [0.29, 0.717) is 5.69 Å². The molecule has 0 saturated carbocycles. The lowest BCUT2D eigenvalue weighted by Crippen LogP contribution is -2.44. The third kappa shape index (κ3) is 3.91. The summed E-state index contributed by atoms with van der Waals surface area (Å²) < 4.78 is 38.2. The van der Waals surface area contributed by atoms with Crippen LogP contribution >= 0.6 is 24.0 Å². The van der Waals surface area contributed by atoms with Gasteiger partial charge in [-0.05, 0) is 25.2 Å². The van der Waals surface area contributed by atoms with Gasteiger partial charge in [0.25, 0.3) is 0 Å². The van der Waals surface area contributed by atoms with Crippen LogP contribution in [0.1, 0.15) is 5.56 Å². The topological polar surface area (TPSA) is 6.48 Å². The van der Waals surface area contributed by atoms with Gasteiger partial charge in [0, 0.05) is 31.9 Å². The normalized spacial score (nSPS) is 17.2. The number of benzene rings is 1. The number of halogens is 5. The van der Waals surface area contributed by atoms with Crippen molar-refractivity contribution in [3.05, 3.63) is 28.8 Å². The summed E-state index contributed by atoms with van der Waals surface area (Å²) in [5, 5.41) is -0.250. The second-order valence-electron chi connectivity index (χ2n) is 4.45. The molecule has 2 rings (SSSR count). The molecular formula is C12H15Cl2F3N2. The number of rotatable bonds is 1. The van der Waals surface area contributed by atoms with Crippen LogP contribution in [-0.2, 0) is 6.18 Å². The maximum absolute atomic E-state index is 12.7. The minimum atomic E-state index is -4.40. The van der Waals surface area contributed by atoms with Gasteiger partial charge in [-0.1, -0.05) is 11.6 Å². The van der Waals surface area contributed by atoms with Crippen molar-refractivity contribution in [3.8, 4) is 0 Å². The first-order chi connectivity index (χ1) is 8.38. The molecule has 0 bridgehead atoms. The van der Waals surface area contributed by atoms with Crippen LogP contribution in [0.25, 0.3) is 0 Å². The zero-order valence-electron chi connectivity index (χ0n) is 10.4. The highest BCUT2D eigenvalue weighted by molar-refractivity contribution is 6.31. The summed E-state index contributed by atoms with van der Waals surface area (Å²) in [5.41, 5.74) is -0.180. The Morgan fingerprint density at radius 3 is 2.21 bits per heavy atom. The van der Waals surface area contributed by atoms with Gasteiger partial charge in [-0.15, -0.1) is 12.4 Å². The molecule has 1 saturated heterocycles. The summed E-state index contributed by atoms with van der Waals surface area (Å²) >= 11 is 5.60. The van der Waals surface area contributed by atoms with Gasteiger partial charge in [-0.2, -0.15) is 13.2 Å². The van der Waals surface area contributed by atoms with Gasteiger partial charge in [-0.3, -0.25) is 0 Å². The third-order valence-corrected chi connectivity index (χ3v) is 3.45. The van der Waals surface area contributed by atoms with Crippen LogP contribution in [0.2, 0.25) is 5.02 Å². The molecule has 2 nitrogen and oxygen atoms in total. The van der Waals surface area contributed by atoms with Crippen LogP contribution in [0.3, 0.4) is 0 Å². The largest absolute Gasteiger partial charge is 0.417 e. The smallest absolute Gasteiger partial charge is 0.369 e. The molecule has 1 aromatic carbocycles. The lowest BCUT2D eigenvalue weighted by Gasteiger charge is -2.34. The van der Waals surface area contributed by atoms with Crippen molar-refractivity contribution in [1.29, 1.82) is 0 Å². The molecule has 0 unspecified atom stereocenters. The molecular weight excluding hydrogens is 300 g/mol. The molecule has 1 fully saturated rings. The number of hydrogen-bond acceptors (Lipinski definition) is 2. The minimum absolute atomic E-state index is 0. The highest BCUT2D eigenvalue weighted by Crippen LogP contribution is 2.37. The van der Waals surface area contributed by atoms with E-state index in [1.54, 1.807) is 6.07 Å². The average Bonchev–Trinajstić information content (AvgIpc) is 2.29. The Hall–Kier alpha value is -0.650. The zero-order chi connectivity index (χ0) is 13.3. The van der Waals surface area contributed by atoms with Crippen LogP contribution < -0.4 is 4.90 Å². The fraction of sp³-hybridized carbons (Fsp3) is 0.500. The van der Waals surface area contributed by atoms with E-state index >= 15 is 0 Å². The molecule has 1 aliphatic heterocycles. The van der Waals surface area contributed by atoms with Crippen LogP contribution in [0.5, 0.6) is 0 Å². The van der Waals surface area contributed by atoms with Gasteiger partial charge < -0.3 is 9.80 Å². The Balaban J connectivity index is 0.00000180. The lowest BCUT2D eigenvalue weighted by molar-refractivity contribution is -0.137. The fourth-order valence-electron chi connectivity index (χ4n) is 1.99. The maximum atomic E-state index is 12.7. The van der Waals surface area contributed by atoms with E-state index in [9.17, 15) is 13.2 Å². The van der Waals surface area contributed by atoms with Crippen molar-refractivity contribution < 1.29 is 13.2 Å². The van der Waals surface area contributed by atoms with E-state index in [-0.39, 0.29) is 17.4 Å². The van der Waals surface area contributed by atoms with E-state index in [2.05, 4.69) is 4.90 Å². The summed E-state index contributed by atoms with van der Waals surface area (Å²) in [6.07, 6.45) is -4.40. The SMILES string of the molecule is CN1CCN(c2ccc(Cl)c(C(F)(F)F)c2)CC1.Cl. The van der Waals surface area contributed by atoms with E-state index in [1.165, 1.54) is 6.07 Å². The van der Waals surface area contributed by atoms with Crippen LogP contribution in [-0.4, -0.2) is 38.1 Å². The first kappa shape index (κ1) is 16.4. The quantitative estimate of drug-likeness (QED) is 0.782. The number of anilines is 1. The van der Waals surface area contributed by atoms with Gasteiger partial charge >= 0.3 is 6.18 Å². The Morgan fingerprint density at radius 1 is 1.11 bits per heavy atom. The highest BCUT2D eigenvalue weighted by Gasteiger charge is 2.33. The van der Waals surface area contributed by atoms with Crippen LogP contribution in [0, 0.1) is 0 Å². The molecule has 7 heteroatoms. The predicted molar refractivity (Wildman–Crippen MR) is 73.4 cm³/mol. The summed E-state index contributed by atoms with van der Waals surface area (Å²) in [4.78, 5) is 4.10. The van der Waals surface area contributed by atoms with Crippen LogP contribution in [0.15, 0.2) is 18.2 Å². The van der Waals surface area contributed by atoms with Gasteiger partial charge in [-0.25, -0.2) is 0 Å². The molecule has 0 amide bonds. The van der Waals surface area contributed by atoms with E-state index in [0.717, 1.165) is 32.2 Å². The van der Waals surface area contributed by atoms with Crippen molar-refractivity contribution in [1.82, 2.24) is 4.90 Å². The first-order valence-electron chi connectivity index (χ1n) is 5.68. The van der Waals surface area contributed by atoms with E-state index in [4.69, 9.17) is 11.6 Å². The minimum Gasteiger partial charge on any atom is -0.369 e. The molecule has 0 atom stereocenters.